The fourth-order valence-electron chi connectivity index (χ4n) is 2.94. The molecule has 0 saturated carbocycles. The van der Waals surface area contributed by atoms with Crippen LogP contribution in [-0.2, 0) is 9.53 Å². The Labute approximate surface area is 127 Å². The molecule has 0 bridgehead atoms. The summed E-state index contributed by atoms with van der Waals surface area (Å²) < 4.78 is 5.40. The number of rotatable bonds is 5. The van der Waals surface area contributed by atoms with Gasteiger partial charge < -0.3 is 20.1 Å². The topological polar surface area (TPSA) is 61.8 Å². The summed E-state index contributed by atoms with van der Waals surface area (Å²) >= 11 is 0. The summed E-state index contributed by atoms with van der Waals surface area (Å²) in [5, 5.41) is 12.9. The molecule has 1 amide bonds. The second kappa shape index (κ2) is 7.80. The molecule has 0 aromatic heterocycles. The molecule has 1 saturated heterocycles. The van der Waals surface area contributed by atoms with Gasteiger partial charge >= 0.3 is 0 Å². The summed E-state index contributed by atoms with van der Waals surface area (Å²) in [5.74, 6) is 1.41. The second-order valence-corrected chi connectivity index (χ2v) is 6.33. The summed E-state index contributed by atoms with van der Waals surface area (Å²) in [4.78, 5) is 14.4. The minimum atomic E-state index is -0.507. The second-order valence-electron chi connectivity index (χ2n) is 6.33. The van der Waals surface area contributed by atoms with Crippen molar-refractivity contribution in [3.05, 3.63) is 11.3 Å². The maximum absolute atomic E-state index is 12.1. The molecule has 1 atom stereocenters. The van der Waals surface area contributed by atoms with Gasteiger partial charge in [0.1, 0.15) is 5.76 Å². The van der Waals surface area contributed by atoms with Gasteiger partial charge in [0.05, 0.1) is 18.3 Å². The van der Waals surface area contributed by atoms with E-state index in [1.54, 1.807) is 0 Å². The molecule has 5 heteroatoms. The maximum Gasteiger partial charge on any atom is 0.250 e. The molecule has 0 aromatic rings. The Morgan fingerprint density at radius 3 is 2.86 bits per heavy atom. The number of β-amino-alcohol motifs (C(OH)–C–C–N with tert-alkyl or cyclic N) is 1. The zero-order chi connectivity index (χ0) is 15.2. The third-order valence-corrected chi connectivity index (χ3v) is 4.43. The monoisotopic (exact) mass is 296 g/mol. The van der Waals surface area contributed by atoms with Gasteiger partial charge in [-0.05, 0) is 51.6 Å². The van der Waals surface area contributed by atoms with Crippen molar-refractivity contribution in [1.82, 2.24) is 10.2 Å². The van der Waals surface area contributed by atoms with Crippen molar-refractivity contribution in [1.29, 1.82) is 0 Å². The molecule has 0 spiro atoms. The van der Waals surface area contributed by atoms with Crippen LogP contribution in [0.25, 0.3) is 0 Å². The standard InChI is InChI=1S/C16H28N2O3/c1-12-5-7-18(8-6-12)11-14(19)10-17-16(20)15-4-3-9-21-13(15)2/h12,14,19H,3-11H2,1-2H3,(H,17,20). The molecule has 1 fully saturated rings. The largest absolute Gasteiger partial charge is 0.498 e. The molecule has 0 aliphatic carbocycles. The summed E-state index contributed by atoms with van der Waals surface area (Å²) in [7, 11) is 0. The first-order valence-corrected chi connectivity index (χ1v) is 8.07. The number of carbonyl (C=O) groups excluding carboxylic acids is 1. The average Bonchev–Trinajstić information content (AvgIpc) is 2.48. The molecule has 2 rings (SSSR count). The van der Waals surface area contributed by atoms with E-state index >= 15 is 0 Å². The quantitative estimate of drug-likeness (QED) is 0.802. The number of likely N-dealkylation sites (tertiary alicyclic amines) is 1. The van der Waals surface area contributed by atoms with Crippen LogP contribution in [0.5, 0.6) is 0 Å². The number of piperidine rings is 1. The van der Waals surface area contributed by atoms with E-state index < -0.39 is 6.10 Å². The number of amides is 1. The van der Waals surface area contributed by atoms with Crippen LogP contribution >= 0.6 is 0 Å². The third-order valence-electron chi connectivity index (χ3n) is 4.43. The van der Waals surface area contributed by atoms with Gasteiger partial charge in [-0.2, -0.15) is 0 Å². The first kappa shape index (κ1) is 16.3. The van der Waals surface area contributed by atoms with E-state index in [-0.39, 0.29) is 5.91 Å². The lowest BCUT2D eigenvalue weighted by Crippen LogP contribution is -2.43. The Hall–Kier alpha value is -1.07. The first-order chi connectivity index (χ1) is 10.1. The number of aliphatic hydroxyl groups is 1. The van der Waals surface area contributed by atoms with Crippen molar-refractivity contribution in [3.8, 4) is 0 Å². The highest BCUT2D eigenvalue weighted by Gasteiger charge is 2.21. The Morgan fingerprint density at radius 1 is 1.48 bits per heavy atom. The van der Waals surface area contributed by atoms with Crippen LogP contribution in [0.3, 0.4) is 0 Å². The number of carbonyl (C=O) groups is 1. The third kappa shape index (κ3) is 5.00. The molecule has 1 unspecified atom stereocenters. The summed E-state index contributed by atoms with van der Waals surface area (Å²) in [6.07, 6.45) is 3.53. The molecule has 120 valence electrons. The lowest BCUT2D eigenvalue weighted by molar-refractivity contribution is -0.118. The molecule has 5 nitrogen and oxygen atoms in total. The van der Waals surface area contributed by atoms with Crippen molar-refractivity contribution in [2.24, 2.45) is 5.92 Å². The summed E-state index contributed by atoms with van der Waals surface area (Å²) in [6, 6.07) is 0. The lowest BCUT2D eigenvalue weighted by Gasteiger charge is -2.31. The van der Waals surface area contributed by atoms with E-state index in [4.69, 9.17) is 4.74 Å². The average molecular weight is 296 g/mol. The molecule has 2 aliphatic rings. The Balaban J connectivity index is 1.71. The lowest BCUT2D eigenvalue weighted by atomic mass is 9.99. The van der Waals surface area contributed by atoms with Gasteiger partial charge in [-0.1, -0.05) is 6.92 Å². The fourth-order valence-corrected chi connectivity index (χ4v) is 2.94. The van der Waals surface area contributed by atoms with Crippen molar-refractivity contribution in [2.75, 3.05) is 32.8 Å². The number of hydrogen-bond acceptors (Lipinski definition) is 4. The van der Waals surface area contributed by atoms with E-state index in [1.807, 2.05) is 6.92 Å². The van der Waals surface area contributed by atoms with Gasteiger partial charge in [-0.3, -0.25) is 4.79 Å². The maximum atomic E-state index is 12.1. The predicted molar refractivity (Wildman–Crippen MR) is 81.7 cm³/mol. The zero-order valence-corrected chi connectivity index (χ0v) is 13.2. The highest BCUT2D eigenvalue weighted by molar-refractivity contribution is 5.93. The molecular weight excluding hydrogens is 268 g/mol. The van der Waals surface area contributed by atoms with Gasteiger partial charge in [-0.25, -0.2) is 0 Å². The molecule has 2 N–H and O–H groups in total. The van der Waals surface area contributed by atoms with Gasteiger partial charge in [0, 0.05) is 13.1 Å². The Morgan fingerprint density at radius 2 is 2.19 bits per heavy atom. The Bertz CT molecular complexity index is 387. The van der Waals surface area contributed by atoms with Crippen LogP contribution < -0.4 is 5.32 Å². The molecule has 21 heavy (non-hydrogen) atoms. The first-order valence-electron chi connectivity index (χ1n) is 8.07. The smallest absolute Gasteiger partial charge is 0.250 e. The normalized spacial score (nSPS) is 22.8. The molecule has 2 aliphatic heterocycles. The van der Waals surface area contributed by atoms with E-state index in [0.29, 0.717) is 19.7 Å². The summed E-state index contributed by atoms with van der Waals surface area (Å²) in [6.45, 7) is 7.84. The van der Waals surface area contributed by atoms with E-state index in [0.717, 1.165) is 43.2 Å². The highest BCUT2D eigenvalue weighted by Crippen LogP contribution is 2.18. The number of nitrogens with zero attached hydrogens (tertiary/aromatic N) is 1. The number of hydrogen-bond donors (Lipinski definition) is 2. The van der Waals surface area contributed by atoms with Crippen molar-refractivity contribution >= 4 is 5.91 Å². The van der Waals surface area contributed by atoms with E-state index in [2.05, 4.69) is 17.1 Å². The van der Waals surface area contributed by atoms with E-state index in [1.165, 1.54) is 12.8 Å². The number of allylic oxidation sites excluding steroid dienone is 1. The fraction of sp³-hybridized carbons (Fsp3) is 0.812. The predicted octanol–water partition coefficient (Wildman–Crippen LogP) is 1.28. The van der Waals surface area contributed by atoms with Crippen LogP contribution in [0, 0.1) is 5.92 Å². The molecule has 2 heterocycles. The number of aliphatic hydroxyl groups excluding tert-OH is 1. The van der Waals surface area contributed by atoms with Gasteiger partial charge in [-0.15, -0.1) is 0 Å². The highest BCUT2D eigenvalue weighted by atomic mass is 16.5. The molecule has 0 aromatic carbocycles. The Kier molecular flexibility index (Phi) is 6.06. The number of nitrogens with one attached hydrogen (secondary N) is 1. The minimum absolute atomic E-state index is 0.0986. The van der Waals surface area contributed by atoms with Crippen LogP contribution in [0.1, 0.15) is 39.5 Å². The van der Waals surface area contributed by atoms with Crippen molar-refractivity contribution in [2.45, 2.75) is 45.6 Å². The van der Waals surface area contributed by atoms with Crippen molar-refractivity contribution < 1.29 is 14.6 Å². The van der Waals surface area contributed by atoms with Gasteiger partial charge in [0.25, 0.3) is 5.91 Å². The van der Waals surface area contributed by atoms with Crippen LogP contribution in [0.15, 0.2) is 11.3 Å². The summed E-state index contributed by atoms with van der Waals surface area (Å²) in [5.41, 5.74) is 0.722. The van der Waals surface area contributed by atoms with E-state index in [9.17, 15) is 9.90 Å². The molecular formula is C16H28N2O3. The molecule has 0 radical (unpaired) electrons. The SMILES string of the molecule is CC1=C(C(=O)NCC(O)CN2CCC(C)CC2)CCCO1. The van der Waals surface area contributed by atoms with Crippen molar-refractivity contribution in [3.63, 3.8) is 0 Å². The zero-order valence-electron chi connectivity index (χ0n) is 13.2. The van der Waals surface area contributed by atoms with Crippen LogP contribution in [-0.4, -0.2) is 54.8 Å². The minimum Gasteiger partial charge on any atom is -0.498 e. The van der Waals surface area contributed by atoms with Crippen LogP contribution in [0.2, 0.25) is 0 Å². The number of ether oxygens (including phenoxy) is 1. The van der Waals surface area contributed by atoms with Gasteiger partial charge in [0.15, 0.2) is 0 Å². The van der Waals surface area contributed by atoms with Gasteiger partial charge in [0.2, 0.25) is 0 Å². The van der Waals surface area contributed by atoms with Crippen LogP contribution in [0.4, 0.5) is 0 Å².